The number of halogens is 1. The number of guanidine groups is 1. The van der Waals surface area contributed by atoms with Crippen LogP contribution < -0.4 is 16.0 Å². The second-order valence-corrected chi connectivity index (χ2v) is 9.11. The van der Waals surface area contributed by atoms with E-state index in [-0.39, 0.29) is 42.3 Å². The third-order valence-corrected chi connectivity index (χ3v) is 5.00. The van der Waals surface area contributed by atoms with Gasteiger partial charge in [0.05, 0.1) is 13.1 Å². The Morgan fingerprint density at radius 1 is 1.26 bits per heavy atom. The molecule has 1 aliphatic heterocycles. The molecule has 1 aromatic carbocycles. The Balaban J connectivity index is 0.00000480. The highest BCUT2D eigenvalue weighted by atomic mass is 127. The molecular formula is C23H38IN5O2. The maximum atomic E-state index is 12.6. The summed E-state index contributed by atoms with van der Waals surface area (Å²) < 4.78 is 0. The molecule has 0 aromatic heterocycles. The summed E-state index contributed by atoms with van der Waals surface area (Å²) in [5, 5.41) is 9.51. The number of hydrogen-bond acceptors (Lipinski definition) is 3. The molecular weight excluding hydrogens is 505 g/mol. The van der Waals surface area contributed by atoms with Crippen LogP contribution >= 0.6 is 24.0 Å². The second kappa shape index (κ2) is 12.9. The number of amides is 2. The van der Waals surface area contributed by atoms with Gasteiger partial charge in [-0.1, -0.05) is 32.9 Å². The van der Waals surface area contributed by atoms with Gasteiger partial charge in [-0.25, -0.2) is 4.99 Å². The topological polar surface area (TPSA) is 85.8 Å². The Morgan fingerprint density at radius 2 is 1.94 bits per heavy atom. The summed E-state index contributed by atoms with van der Waals surface area (Å²) >= 11 is 0. The van der Waals surface area contributed by atoms with Gasteiger partial charge < -0.3 is 20.9 Å². The van der Waals surface area contributed by atoms with Crippen LogP contribution in [0.2, 0.25) is 0 Å². The van der Waals surface area contributed by atoms with Gasteiger partial charge in [-0.2, -0.15) is 0 Å². The van der Waals surface area contributed by atoms with E-state index in [1.807, 2.05) is 24.3 Å². The van der Waals surface area contributed by atoms with E-state index in [4.69, 9.17) is 0 Å². The van der Waals surface area contributed by atoms with E-state index in [9.17, 15) is 9.59 Å². The van der Waals surface area contributed by atoms with E-state index in [2.05, 4.69) is 55.6 Å². The molecule has 7 nitrogen and oxygen atoms in total. The third kappa shape index (κ3) is 9.88. The van der Waals surface area contributed by atoms with Gasteiger partial charge in [0, 0.05) is 31.2 Å². The van der Waals surface area contributed by atoms with Gasteiger partial charge in [-0.3, -0.25) is 9.59 Å². The zero-order valence-corrected chi connectivity index (χ0v) is 21.8. The van der Waals surface area contributed by atoms with Gasteiger partial charge in [0.15, 0.2) is 5.96 Å². The average molecular weight is 543 g/mol. The zero-order valence-electron chi connectivity index (χ0n) is 19.5. The first-order chi connectivity index (χ1) is 14.2. The van der Waals surface area contributed by atoms with Gasteiger partial charge in [0.1, 0.15) is 0 Å². The standard InChI is InChI=1S/C23H37N5O2.HI/c1-6-24-22(27-17(2)11-12-23(3,4)5)26-15-18-7-9-19(10-8-18)21(30)28-14-13-25-20(29)16-28;/h7-10,17H,6,11-16H2,1-5H3,(H,25,29)(H2,24,26,27);1H. The van der Waals surface area contributed by atoms with Crippen molar-refractivity contribution < 1.29 is 9.59 Å². The van der Waals surface area contributed by atoms with Gasteiger partial charge >= 0.3 is 0 Å². The molecule has 31 heavy (non-hydrogen) atoms. The highest BCUT2D eigenvalue weighted by Crippen LogP contribution is 2.21. The van der Waals surface area contributed by atoms with E-state index >= 15 is 0 Å². The molecule has 1 saturated heterocycles. The van der Waals surface area contributed by atoms with Gasteiger partial charge in [-0.15, -0.1) is 24.0 Å². The fourth-order valence-electron chi connectivity index (χ4n) is 3.19. The number of carbonyl (C=O) groups is 2. The Labute approximate surface area is 203 Å². The molecule has 1 unspecified atom stereocenters. The highest BCUT2D eigenvalue weighted by Gasteiger charge is 2.22. The minimum Gasteiger partial charge on any atom is -0.357 e. The molecule has 8 heteroatoms. The number of aliphatic imine (C=N–C) groups is 1. The van der Waals surface area contributed by atoms with Crippen LogP contribution in [0.1, 0.15) is 63.4 Å². The van der Waals surface area contributed by atoms with Crippen molar-refractivity contribution in [2.24, 2.45) is 10.4 Å². The van der Waals surface area contributed by atoms with Crippen LogP contribution in [-0.2, 0) is 11.3 Å². The van der Waals surface area contributed by atoms with Crippen molar-refractivity contribution in [1.29, 1.82) is 0 Å². The first-order valence-electron chi connectivity index (χ1n) is 10.9. The van der Waals surface area contributed by atoms with Crippen LogP contribution in [0.5, 0.6) is 0 Å². The van der Waals surface area contributed by atoms with Crippen molar-refractivity contribution >= 4 is 41.8 Å². The lowest BCUT2D eigenvalue weighted by Crippen LogP contribution is -2.49. The maximum Gasteiger partial charge on any atom is 0.254 e. The smallest absolute Gasteiger partial charge is 0.254 e. The van der Waals surface area contributed by atoms with Crippen molar-refractivity contribution in [2.45, 2.75) is 60.0 Å². The normalized spacial score (nSPS) is 15.6. The van der Waals surface area contributed by atoms with Crippen molar-refractivity contribution in [3.05, 3.63) is 35.4 Å². The number of carbonyl (C=O) groups excluding carboxylic acids is 2. The summed E-state index contributed by atoms with van der Waals surface area (Å²) in [4.78, 5) is 30.3. The minimum absolute atomic E-state index is 0. The number of rotatable bonds is 7. The number of hydrogen-bond donors (Lipinski definition) is 3. The van der Waals surface area contributed by atoms with Crippen molar-refractivity contribution in [3.8, 4) is 0 Å². The molecule has 3 N–H and O–H groups in total. The summed E-state index contributed by atoms with van der Waals surface area (Å²) in [6, 6.07) is 7.81. The predicted octanol–water partition coefficient (Wildman–Crippen LogP) is 3.15. The van der Waals surface area contributed by atoms with Crippen LogP contribution in [0.15, 0.2) is 29.3 Å². The molecule has 0 saturated carbocycles. The molecule has 2 rings (SSSR count). The molecule has 2 amide bonds. The Bertz CT molecular complexity index is 743. The van der Waals surface area contributed by atoms with Gasteiger partial charge in [0.25, 0.3) is 5.91 Å². The SMILES string of the molecule is CCNC(=NCc1ccc(C(=O)N2CCNC(=O)C2)cc1)NC(C)CCC(C)(C)C.I. The zero-order chi connectivity index (χ0) is 22.1. The molecule has 1 fully saturated rings. The van der Waals surface area contributed by atoms with E-state index in [0.29, 0.717) is 36.7 Å². The Morgan fingerprint density at radius 3 is 2.52 bits per heavy atom. The lowest BCUT2D eigenvalue weighted by molar-refractivity contribution is -0.123. The van der Waals surface area contributed by atoms with E-state index in [1.54, 1.807) is 4.90 Å². The Hall–Kier alpha value is -1.84. The lowest BCUT2D eigenvalue weighted by atomic mass is 9.89. The third-order valence-electron chi connectivity index (χ3n) is 5.00. The molecule has 0 radical (unpaired) electrons. The molecule has 1 heterocycles. The van der Waals surface area contributed by atoms with Crippen LogP contribution in [-0.4, -0.2) is 54.9 Å². The summed E-state index contributed by atoms with van der Waals surface area (Å²) in [6.07, 6.45) is 2.23. The molecule has 174 valence electrons. The van der Waals surface area contributed by atoms with E-state index < -0.39 is 0 Å². The molecule has 1 aromatic rings. The van der Waals surface area contributed by atoms with Crippen molar-refractivity contribution in [2.75, 3.05) is 26.2 Å². The highest BCUT2D eigenvalue weighted by molar-refractivity contribution is 14.0. The first-order valence-corrected chi connectivity index (χ1v) is 10.9. The fraction of sp³-hybridized carbons (Fsp3) is 0.609. The number of nitrogens with one attached hydrogen (secondary N) is 3. The van der Waals surface area contributed by atoms with Crippen LogP contribution in [0, 0.1) is 5.41 Å². The maximum absolute atomic E-state index is 12.6. The van der Waals surface area contributed by atoms with Crippen molar-refractivity contribution in [3.63, 3.8) is 0 Å². The monoisotopic (exact) mass is 543 g/mol. The molecule has 1 aliphatic rings. The first kappa shape index (κ1) is 27.2. The fourth-order valence-corrected chi connectivity index (χ4v) is 3.19. The summed E-state index contributed by atoms with van der Waals surface area (Å²) in [5.41, 5.74) is 1.95. The minimum atomic E-state index is -0.110. The van der Waals surface area contributed by atoms with E-state index in [0.717, 1.165) is 30.9 Å². The quantitative estimate of drug-likeness (QED) is 0.280. The van der Waals surface area contributed by atoms with Crippen LogP contribution in [0.3, 0.4) is 0 Å². The number of nitrogens with zero attached hydrogens (tertiary/aromatic N) is 2. The summed E-state index contributed by atoms with van der Waals surface area (Å²) in [6.45, 7) is 13.5. The van der Waals surface area contributed by atoms with Crippen LogP contribution in [0.25, 0.3) is 0 Å². The van der Waals surface area contributed by atoms with Crippen molar-refractivity contribution in [1.82, 2.24) is 20.9 Å². The molecule has 0 spiro atoms. The largest absolute Gasteiger partial charge is 0.357 e. The van der Waals surface area contributed by atoms with Crippen LogP contribution in [0.4, 0.5) is 0 Å². The van der Waals surface area contributed by atoms with Gasteiger partial charge in [-0.05, 0) is 49.8 Å². The Kier molecular flexibility index (Phi) is 11.3. The molecule has 0 bridgehead atoms. The predicted molar refractivity (Wildman–Crippen MR) is 137 cm³/mol. The summed E-state index contributed by atoms with van der Waals surface area (Å²) in [7, 11) is 0. The van der Waals surface area contributed by atoms with Gasteiger partial charge in [0.2, 0.25) is 5.91 Å². The molecule has 0 aliphatic carbocycles. The molecule has 1 atom stereocenters. The average Bonchev–Trinajstić information content (AvgIpc) is 2.70. The van der Waals surface area contributed by atoms with E-state index in [1.165, 1.54) is 0 Å². The summed E-state index contributed by atoms with van der Waals surface area (Å²) in [5.74, 6) is 0.585. The lowest BCUT2D eigenvalue weighted by Gasteiger charge is -2.26. The number of piperazine rings is 1. The number of benzene rings is 1. The second-order valence-electron chi connectivity index (χ2n) is 9.11.